The zero-order valence-corrected chi connectivity index (χ0v) is 26.2. The Morgan fingerprint density at radius 3 is 1.86 bits per heavy atom. The SMILES string of the molecule is CCCCN1CCN(c2ccc(C(=O)N(O)CCCCCCCCCCCCCCCCCCO[N+](=O)[O-])cn2)CC1. The standard InChI is InChI=1S/C32H57N5O5/c1-2-3-22-34-24-26-35(27-25-34)31-21-20-30(29-33-31)32(38)36(39)23-18-16-14-12-10-8-6-4-5-7-9-11-13-15-17-19-28-42-37(40)41/h20-21,29,39H,2-19,22-28H2,1H3. The maximum absolute atomic E-state index is 12.6. The van der Waals surface area contributed by atoms with Gasteiger partial charge in [-0.15, -0.1) is 10.1 Å². The Morgan fingerprint density at radius 2 is 1.38 bits per heavy atom. The van der Waals surface area contributed by atoms with Crippen molar-refractivity contribution in [3.8, 4) is 0 Å². The largest absolute Gasteiger partial charge is 0.354 e. The van der Waals surface area contributed by atoms with Gasteiger partial charge in [0.2, 0.25) is 0 Å². The molecule has 2 heterocycles. The summed E-state index contributed by atoms with van der Waals surface area (Å²) in [4.78, 5) is 36.3. The molecule has 1 fully saturated rings. The van der Waals surface area contributed by atoms with Crippen molar-refractivity contribution in [3.05, 3.63) is 34.0 Å². The number of carbonyl (C=O) groups is 1. The van der Waals surface area contributed by atoms with Gasteiger partial charge in [-0.05, 0) is 37.9 Å². The van der Waals surface area contributed by atoms with E-state index < -0.39 is 5.09 Å². The molecule has 0 unspecified atom stereocenters. The molecule has 1 aromatic rings. The molecule has 1 aliphatic heterocycles. The van der Waals surface area contributed by atoms with Crippen molar-refractivity contribution in [1.82, 2.24) is 14.9 Å². The predicted molar refractivity (Wildman–Crippen MR) is 167 cm³/mol. The summed E-state index contributed by atoms with van der Waals surface area (Å²) in [5, 5.41) is 20.5. The molecule has 0 aliphatic carbocycles. The summed E-state index contributed by atoms with van der Waals surface area (Å²) in [6.07, 6.45) is 22.7. The van der Waals surface area contributed by atoms with E-state index in [-0.39, 0.29) is 12.5 Å². The number of hydrogen-bond acceptors (Lipinski definition) is 8. The minimum Gasteiger partial charge on any atom is -0.354 e. The van der Waals surface area contributed by atoms with Crippen LogP contribution >= 0.6 is 0 Å². The second kappa shape index (κ2) is 23.1. The average Bonchev–Trinajstić information content (AvgIpc) is 3.00. The molecule has 1 aromatic heterocycles. The second-order valence-corrected chi connectivity index (χ2v) is 11.7. The van der Waals surface area contributed by atoms with Crippen LogP contribution in [-0.2, 0) is 4.84 Å². The first-order valence-electron chi connectivity index (χ1n) is 16.7. The van der Waals surface area contributed by atoms with Crippen LogP contribution < -0.4 is 4.90 Å². The summed E-state index contributed by atoms with van der Waals surface area (Å²) in [7, 11) is 0. The number of pyridine rings is 1. The fourth-order valence-corrected chi connectivity index (χ4v) is 5.51. The quantitative estimate of drug-likeness (QED) is 0.0546. The van der Waals surface area contributed by atoms with Gasteiger partial charge in [-0.1, -0.05) is 103 Å². The number of hydroxylamine groups is 2. The first kappa shape index (κ1) is 35.7. The number of rotatable bonds is 25. The summed E-state index contributed by atoms with van der Waals surface area (Å²) in [5.41, 5.74) is 0.431. The van der Waals surface area contributed by atoms with Crippen LogP contribution in [0.25, 0.3) is 0 Å². The molecule has 10 heteroatoms. The molecule has 10 nitrogen and oxygen atoms in total. The number of anilines is 1. The maximum Gasteiger partial charge on any atom is 0.294 e. The molecule has 1 saturated heterocycles. The zero-order chi connectivity index (χ0) is 30.3. The van der Waals surface area contributed by atoms with Gasteiger partial charge in [-0.3, -0.25) is 14.9 Å². The number of piperazine rings is 1. The predicted octanol–water partition coefficient (Wildman–Crippen LogP) is 7.29. The Bertz CT molecular complexity index is 833. The van der Waals surface area contributed by atoms with Crippen molar-refractivity contribution in [1.29, 1.82) is 0 Å². The number of hydrogen-bond donors (Lipinski definition) is 1. The van der Waals surface area contributed by atoms with E-state index in [1.165, 1.54) is 77.0 Å². The van der Waals surface area contributed by atoms with Gasteiger partial charge in [-0.25, -0.2) is 10.0 Å². The van der Waals surface area contributed by atoms with E-state index in [4.69, 9.17) is 0 Å². The van der Waals surface area contributed by atoms with Crippen molar-refractivity contribution in [2.24, 2.45) is 0 Å². The minimum atomic E-state index is -0.715. The highest BCUT2D eigenvalue weighted by Crippen LogP contribution is 2.17. The van der Waals surface area contributed by atoms with Crippen LogP contribution in [0, 0.1) is 10.1 Å². The molecule has 240 valence electrons. The third-order valence-electron chi connectivity index (χ3n) is 8.21. The summed E-state index contributed by atoms with van der Waals surface area (Å²) in [6.45, 7) is 7.97. The molecule has 0 saturated carbocycles. The third kappa shape index (κ3) is 16.2. The van der Waals surface area contributed by atoms with E-state index in [0.29, 0.717) is 12.1 Å². The first-order chi connectivity index (χ1) is 20.5. The van der Waals surface area contributed by atoms with Crippen LogP contribution in [0.4, 0.5) is 5.82 Å². The molecule has 0 bridgehead atoms. The third-order valence-corrected chi connectivity index (χ3v) is 8.21. The van der Waals surface area contributed by atoms with E-state index in [1.807, 2.05) is 6.07 Å². The lowest BCUT2D eigenvalue weighted by atomic mass is 10.0. The van der Waals surface area contributed by atoms with Gasteiger partial charge < -0.3 is 9.74 Å². The van der Waals surface area contributed by atoms with Crippen molar-refractivity contribution < 1.29 is 19.9 Å². The normalized spacial score (nSPS) is 13.8. The van der Waals surface area contributed by atoms with Gasteiger partial charge in [0.1, 0.15) is 5.82 Å². The lowest BCUT2D eigenvalue weighted by molar-refractivity contribution is -0.757. The number of unbranched alkanes of at least 4 members (excludes halogenated alkanes) is 16. The number of nitrogens with zero attached hydrogens (tertiary/aromatic N) is 5. The van der Waals surface area contributed by atoms with Crippen LogP contribution in [0.2, 0.25) is 0 Å². The van der Waals surface area contributed by atoms with Gasteiger partial charge in [0.05, 0.1) is 12.2 Å². The van der Waals surface area contributed by atoms with Crippen molar-refractivity contribution in [2.75, 3.05) is 50.8 Å². The molecular formula is C32H57N5O5. The monoisotopic (exact) mass is 591 g/mol. The smallest absolute Gasteiger partial charge is 0.294 e. The van der Waals surface area contributed by atoms with E-state index in [2.05, 4.69) is 26.5 Å². The van der Waals surface area contributed by atoms with Gasteiger partial charge in [0.15, 0.2) is 0 Å². The van der Waals surface area contributed by atoms with Gasteiger partial charge in [0.25, 0.3) is 11.0 Å². The molecule has 0 atom stereocenters. The van der Waals surface area contributed by atoms with E-state index >= 15 is 0 Å². The fourth-order valence-electron chi connectivity index (χ4n) is 5.51. The zero-order valence-electron chi connectivity index (χ0n) is 26.2. The van der Waals surface area contributed by atoms with Gasteiger partial charge in [-0.2, -0.15) is 0 Å². The molecule has 0 aromatic carbocycles. The average molecular weight is 592 g/mol. The maximum atomic E-state index is 12.6. The molecule has 1 aliphatic rings. The Labute approximate surface area is 253 Å². The van der Waals surface area contributed by atoms with E-state index in [1.54, 1.807) is 12.3 Å². The van der Waals surface area contributed by atoms with Crippen LogP contribution in [0.1, 0.15) is 133 Å². The Hall–Kier alpha value is -2.46. The number of amides is 1. The molecule has 0 radical (unpaired) electrons. The van der Waals surface area contributed by atoms with Crippen molar-refractivity contribution in [2.45, 2.75) is 122 Å². The Balaban J connectivity index is 1.39. The molecule has 0 spiro atoms. The summed E-state index contributed by atoms with van der Waals surface area (Å²) in [5.74, 6) is 0.522. The molecule has 2 rings (SSSR count). The molecule has 42 heavy (non-hydrogen) atoms. The van der Waals surface area contributed by atoms with Gasteiger partial charge >= 0.3 is 0 Å². The van der Waals surface area contributed by atoms with Gasteiger partial charge in [0, 0.05) is 38.9 Å². The molecule has 1 N–H and O–H groups in total. The topological polar surface area (TPSA) is 112 Å². The van der Waals surface area contributed by atoms with Crippen molar-refractivity contribution >= 4 is 11.7 Å². The first-order valence-corrected chi connectivity index (χ1v) is 16.7. The summed E-state index contributed by atoms with van der Waals surface area (Å²) < 4.78 is 0. The summed E-state index contributed by atoms with van der Waals surface area (Å²) in [6, 6.07) is 3.68. The highest BCUT2D eigenvalue weighted by atomic mass is 16.9. The van der Waals surface area contributed by atoms with Crippen molar-refractivity contribution in [3.63, 3.8) is 0 Å². The Kier molecular flexibility index (Phi) is 19.6. The lowest BCUT2D eigenvalue weighted by Gasteiger charge is -2.35. The highest BCUT2D eigenvalue weighted by Gasteiger charge is 2.19. The van der Waals surface area contributed by atoms with Crippen LogP contribution in [0.3, 0.4) is 0 Å². The van der Waals surface area contributed by atoms with E-state index in [9.17, 15) is 20.1 Å². The Morgan fingerprint density at radius 1 is 0.857 bits per heavy atom. The lowest BCUT2D eigenvalue weighted by Crippen LogP contribution is -2.46. The fraction of sp³-hybridized carbons (Fsp3) is 0.812. The van der Waals surface area contributed by atoms with E-state index in [0.717, 1.165) is 82.1 Å². The van der Waals surface area contributed by atoms with Crippen LogP contribution in [-0.4, -0.2) is 77.0 Å². The number of aromatic nitrogens is 1. The molecule has 1 amide bonds. The van der Waals surface area contributed by atoms with Crippen LogP contribution in [0.5, 0.6) is 0 Å². The minimum absolute atomic E-state index is 0.223. The summed E-state index contributed by atoms with van der Waals surface area (Å²) >= 11 is 0. The second-order valence-electron chi connectivity index (χ2n) is 11.7. The molecular weight excluding hydrogens is 534 g/mol. The highest BCUT2D eigenvalue weighted by molar-refractivity contribution is 5.93. The van der Waals surface area contributed by atoms with Crippen LogP contribution in [0.15, 0.2) is 18.3 Å². The number of carbonyl (C=O) groups excluding carboxylic acids is 1.